The second-order valence-electron chi connectivity index (χ2n) is 6.07. The zero-order valence-electron chi connectivity index (χ0n) is 14.1. The second kappa shape index (κ2) is 6.87. The fraction of sp³-hybridized carbons (Fsp3) is 0.412. The van der Waals surface area contributed by atoms with E-state index < -0.39 is 11.7 Å². The third kappa shape index (κ3) is 4.19. The Balaban J connectivity index is 2.00. The number of hydrogen-bond acceptors (Lipinski definition) is 5. The molecule has 2 N–H and O–H groups in total. The molecule has 0 atom stereocenters. The molecule has 1 aromatic heterocycles. The van der Waals surface area contributed by atoms with Gasteiger partial charge in [0.05, 0.1) is 16.9 Å². The van der Waals surface area contributed by atoms with Gasteiger partial charge in [0, 0.05) is 37.6 Å². The smallest absolute Gasteiger partial charge is 0.367 e. The third-order valence-electron chi connectivity index (χ3n) is 4.01. The van der Waals surface area contributed by atoms with E-state index in [2.05, 4.69) is 25.5 Å². The number of nitrogens with one attached hydrogen (secondary N) is 2. The summed E-state index contributed by atoms with van der Waals surface area (Å²) in [6.45, 7) is 6.69. The van der Waals surface area contributed by atoms with Gasteiger partial charge in [0.1, 0.15) is 0 Å². The molecule has 1 aliphatic rings. The van der Waals surface area contributed by atoms with E-state index in [1.165, 1.54) is 6.07 Å². The van der Waals surface area contributed by atoms with Gasteiger partial charge in [-0.1, -0.05) is 0 Å². The Morgan fingerprint density at radius 1 is 1.04 bits per heavy atom. The maximum Gasteiger partial charge on any atom is 0.416 e. The van der Waals surface area contributed by atoms with Crippen molar-refractivity contribution >= 4 is 17.3 Å². The van der Waals surface area contributed by atoms with Crippen molar-refractivity contribution in [3.05, 3.63) is 41.2 Å². The predicted octanol–water partition coefficient (Wildman–Crippen LogP) is 3.27. The zero-order valence-corrected chi connectivity index (χ0v) is 14.1. The largest absolute Gasteiger partial charge is 0.416 e. The summed E-state index contributed by atoms with van der Waals surface area (Å²) in [4.78, 5) is 10.6. The SMILES string of the molecule is Cc1cc(C)nc(Nc2cc(C(F)(F)F)ccc2N2CCNCC2)n1. The van der Waals surface area contributed by atoms with Gasteiger partial charge in [0.25, 0.3) is 0 Å². The molecule has 0 bridgehead atoms. The molecule has 5 nitrogen and oxygen atoms in total. The summed E-state index contributed by atoms with van der Waals surface area (Å²) in [7, 11) is 0. The van der Waals surface area contributed by atoms with Crippen LogP contribution < -0.4 is 15.5 Å². The van der Waals surface area contributed by atoms with Crippen LogP contribution in [0, 0.1) is 13.8 Å². The summed E-state index contributed by atoms with van der Waals surface area (Å²) < 4.78 is 39.4. The van der Waals surface area contributed by atoms with Gasteiger partial charge >= 0.3 is 6.18 Å². The number of nitrogens with zero attached hydrogens (tertiary/aromatic N) is 3. The predicted molar refractivity (Wildman–Crippen MR) is 91.3 cm³/mol. The number of aromatic nitrogens is 2. The van der Waals surface area contributed by atoms with Crippen LogP contribution in [0.1, 0.15) is 17.0 Å². The van der Waals surface area contributed by atoms with Gasteiger partial charge < -0.3 is 15.5 Å². The molecule has 134 valence electrons. The minimum atomic E-state index is -4.40. The van der Waals surface area contributed by atoms with Crippen LogP contribution in [0.5, 0.6) is 0 Å². The van der Waals surface area contributed by atoms with E-state index in [0.717, 1.165) is 55.4 Å². The number of anilines is 3. The average molecular weight is 351 g/mol. The molecular formula is C17H20F3N5. The van der Waals surface area contributed by atoms with E-state index in [4.69, 9.17) is 0 Å². The molecule has 0 spiro atoms. The molecule has 1 aliphatic heterocycles. The summed E-state index contributed by atoms with van der Waals surface area (Å²) in [5.74, 6) is 0.299. The van der Waals surface area contributed by atoms with Crippen molar-refractivity contribution in [2.75, 3.05) is 36.4 Å². The monoisotopic (exact) mass is 351 g/mol. The van der Waals surface area contributed by atoms with Crippen molar-refractivity contribution in [2.45, 2.75) is 20.0 Å². The fourth-order valence-electron chi connectivity index (χ4n) is 2.90. The Kier molecular flexibility index (Phi) is 4.80. The van der Waals surface area contributed by atoms with E-state index in [1.807, 2.05) is 19.9 Å². The lowest BCUT2D eigenvalue weighted by atomic mass is 10.1. The number of halogens is 3. The first-order chi connectivity index (χ1) is 11.8. The van der Waals surface area contributed by atoms with E-state index >= 15 is 0 Å². The summed E-state index contributed by atoms with van der Waals surface area (Å²) in [5, 5.41) is 6.22. The van der Waals surface area contributed by atoms with Crippen LogP contribution in [0.3, 0.4) is 0 Å². The van der Waals surface area contributed by atoms with Crippen LogP contribution in [-0.2, 0) is 6.18 Å². The van der Waals surface area contributed by atoms with Gasteiger partial charge in [-0.2, -0.15) is 13.2 Å². The molecule has 1 saturated heterocycles. The first-order valence-electron chi connectivity index (χ1n) is 8.09. The van der Waals surface area contributed by atoms with Crippen molar-refractivity contribution in [3.8, 4) is 0 Å². The molecular weight excluding hydrogens is 331 g/mol. The molecule has 0 aliphatic carbocycles. The average Bonchev–Trinajstić information content (AvgIpc) is 2.54. The maximum atomic E-state index is 13.1. The van der Waals surface area contributed by atoms with Crippen LogP contribution in [0.2, 0.25) is 0 Å². The Morgan fingerprint density at radius 3 is 2.28 bits per heavy atom. The van der Waals surface area contributed by atoms with Gasteiger partial charge in [-0.25, -0.2) is 9.97 Å². The lowest BCUT2D eigenvalue weighted by molar-refractivity contribution is -0.137. The number of benzene rings is 1. The summed E-state index contributed by atoms with van der Waals surface area (Å²) in [6.07, 6.45) is -4.40. The summed E-state index contributed by atoms with van der Waals surface area (Å²) in [5.41, 5.74) is 1.90. The highest BCUT2D eigenvalue weighted by atomic mass is 19.4. The van der Waals surface area contributed by atoms with Gasteiger partial charge in [-0.15, -0.1) is 0 Å². The van der Waals surface area contributed by atoms with Crippen molar-refractivity contribution < 1.29 is 13.2 Å². The topological polar surface area (TPSA) is 53.1 Å². The molecule has 2 aromatic rings. The Labute approximate surface area is 144 Å². The Morgan fingerprint density at radius 2 is 1.68 bits per heavy atom. The zero-order chi connectivity index (χ0) is 18.0. The van der Waals surface area contributed by atoms with Crippen LogP contribution >= 0.6 is 0 Å². The molecule has 0 amide bonds. The highest BCUT2D eigenvalue weighted by molar-refractivity contribution is 5.74. The molecule has 1 fully saturated rings. The van der Waals surface area contributed by atoms with Crippen LogP contribution in [-0.4, -0.2) is 36.1 Å². The van der Waals surface area contributed by atoms with Crippen LogP contribution in [0.15, 0.2) is 24.3 Å². The highest BCUT2D eigenvalue weighted by Gasteiger charge is 2.31. The third-order valence-corrected chi connectivity index (χ3v) is 4.01. The van der Waals surface area contributed by atoms with E-state index in [-0.39, 0.29) is 0 Å². The standard InChI is InChI=1S/C17H20F3N5/c1-11-9-12(2)23-16(22-11)24-14-10-13(17(18,19)20)3-4-15(14)25-7-5-21-6-8-25/h3-4,9-10,21H,5-8H2,1-2H3,(H,22,23,24). The Hall–Kier alpha value is -2.35. The molecule has 25 heavy (non-hydrogen) atoms. The molecule has 0 unspecified atom stereocenters. The quantitative estimate of drug-likeness (QED) is 0.889. The van der Waals surface area contributed by atoms with Gasteiger partial charge in [0.2, 0.25) is 5.95 Å². The maximum absolute atomic E-state index is 13.1. The molecule has 2 heterocycles. The highest BCUT2D eigenvalue weighted by Crippen LogP contribution is 2.36. The second-order valence-corrected chi connectivity index (χ2v) is 6.07. The van der Waals surface area contributed by atoms with E-state index in [9.17, 15) is 13.2 Å². The van der Waals surface area contributed by atoms with Crippen molar-refractivity contribution in [1.82, 2.24) is 15.3 Å². The molecule has 0 saturated carbocycles. The molecule has 1 aromatic carbocycles. The number of aryl methyl sites for hydroxylation is 2. The lowest BCUT2D eigenvalue weighted by Gasteiger charge is -2.31. The summed E-state index contributed by atoms with van der Waals surface area (Å²) in [6, 6.07) is 5.57. The molecule has 8 heteroatoms. The lowest BCUT2D eigenvalue weighted by Crippen LogP contribution is -2.43. The first kappa shape index (κ1) is 17.5. The minimum Gasteiger partial charge on any atom is -0.367 e. The number of hydrogen-bond donors (Lipinski definition) is 2. The number of alkyl halides is 3. The van der Waals surface area contributed by atoms with Gasteiger partial charge in [-0.05, 0) is 38.1 Å². The number of piperazine rings is 1. The van der Waals surface area contributed by atoms with Crippen molar-refractivity contribution in [2.24, 2.45) is 0 Å². The minimum absolute atomic E-state index is 0.299. The van der Waals surface area contributed by atoms with Gasteiger partial charge in [-0.3, -0.25) is 0 Å². The van der Waals surface area contributed by atoms with Crippen LogP contribution in [0.25, 0.3) is 0 Å². The van der Waals surface area contributed by atoms with Gasteiger partial charge in [0.15, 0.2) is 0 Å². The first-order valence-corrected chi connectivity index (χ1v) is 8.09. The van der Waals surface area contributed by atoms with E-state index in [1.54, 1.807) is 0 Å². The normalized spacial score (nSPS) is 15.3. The fourth-order valence-corrected chi connectivity index (χ4v) is 2.90. The Bertz CT molecular complexity index is 734. The van der Waals surface area contributed by atoms with E-state index in [0.29, 0.717) is 11.6 Å². The molecule has 0 radical (unpaired) electrons. The summed E-state index contributed by atoms with van der Waals surface area (Å²) >= 11 is 0. The number of rotatable bonds is 3. The van der Waals surface area contributed by atoms with Crippen molar-refractivity contribution in [1.29, 1.82) is 0 Å². The molecule has 3 rings (SSSR count). The van der Waals surface area contributed by atoms with Crippen molar-refractivity contribution in [3.63, 3.8) is 0 Å². The van der Waals surface area contributed by atoms with Crippen LogP contribution in [0.4, 0.5) is 30.5 Å².